The molecule has 2 rings (SSSR count). The van der Waals surface area contributed by atoms with Gasteiger partial charge in [-0.1, -0.05) is 11.6 Å². The standard InChI is InChI=1S/C11H11ClN2O4/c12-7-1-2-9(10(5-7)14(17)18)11(16)13-4-3-8(15)6-13/h1-2,5,8,15H,3-4,6H2/t8-/m0/s1. The summed E-state index contributed by atoms with van der Waals surface area (Å²) in [7, 11) is 0. The van der Waals surface area contributed by atoms with Crippen LogP contribution in [0.4, 0.5) is 5.69 Å². The second-order valence-corrected chi connectivity index (χ2v) is 4.55. The molecule has 6 nitrogen and oxygen atoms in total. The predicted molar refractivity (Wildman–Crippen MR) is 64.6 cm³/mol. The molecule has 0 radical (unpaired) electrons. The van der Waals surface area contributed by atoms with Crippen molar-refractivity contribution >= 4 is 23.2 Å². The third-order valence-electron chi connectivity index (χ3n) is 2.84. The van der Waals surface area contributed by atoms with E-state index in [0.717, 1.165) is 6.07 Å². The molecule has 1 N–H and O–H groups in total. The van der Waals surface area contributed by atoms with Crippen molar-refractivity contribution in [2.75, 3.05) is 13.1 Å². The molecule has 0 aliphatic carbocycles. The maximum atomic E-state index is 12.1. The molecule has 0 unspecified atom stereocenters. The number of β-amino-alcohol motifs (C(OH)–C–C–N with tert-alkyl or cyclic N) is 1. The normalized spacial score (nSPS) is 19.0. The quantitative estimate of drug-likeness (QED) is 0.651. The van der Waals surface area contributed by atoms with Crippen LogP contribution < -0.4 is 0 Å². The van der Waals surface area contributed by atoms with Gasteiger partial charge < -0.3 is 10.0 Å². The molecule has 7 heteroatoms. The van der Waals surface area contributed by atoms with E-state index in [1.807, 2.05) is 0 Å². The van der Waals surface area contributed by atoms with Crippen LogP contribution in [0.5, 0.6) is 0 Å². The van der Waals surface area contributed by atoms with Crippen LogP contribution in [0.3, 0.4) is 0 Å². The van der Waals surface area contributed by atoms with E-state index in [1.165, 1.54) is 17.0 Å². The van der Waals surface area contributed by atoms with Gasteiger partial charge in [0.15, 0.2) is 0 Å². The summed E-state index contributed by atoms with van der Waals surface area (Å²) in [6, 6.07) is 3.93. The molecule has 1 amide bonds. The molecule has 1 aliphatic rings. The van der Waals surface area contributed by atoms with E-state index < -0.39 is 16.9 Å². The molecule has 96 valence electrons. The van der Waals surface area contributed by atoms with Crippen molar-refractivity contribution in [3.63, 3.8) is 0 Å². The van der Waals surface area contributed by atoms with Gasteiger partial charge in [0.05, 0.1) is 11.0 Å². The summed E-state index contributed by atoms with van der Waals surface area (Å²) in [5, 5.41) is 20.5. The molecule has 1 fully saturated rings. The molecule has 1 heterocycles. The van der Waals surface area contributed by atoms with E-state index in [-0.39, 0.29) is 22.8 Å². The maximum Gasteiger partial charge on any atom is 0.283 e. The van der Waals surface area contributed by atoms with Crippen LogP contribution in [0.15, 0.2) is 18.2 Å². The molecular weight excluding hydrogens is 260 g/mol. The fraction of sp³-hybridized carbons (Fsp3) is 0.364. The Morgan fingerprint density at radius 2 is 2.28 bits per heavy atom. The molecular formula is C11H11ClN2O4. The number of aliphatic hydroxyl groups is 1. The highest BCUT2D eigenvalue weighted by Crippen LogP contribution is 2.25. The number of carbonyl (C=O) groups is 1. The van der Waals surface area contributed by atoms with Gasteiger partial charge in [0.1, 0.15) is 5.56 Å². The number of likely N-dealkylation sites (tertiary alicyclic amines) is 1. The van der Waals surface area contributed by atoms with Crippen LogP contribution in [0, 0.1) is 10.1 Å². The maximum absolute atomic E-state index is 12.1. The molecule has 1 aliphatic heterocycles. The van der Waals surface area contributed by atoms with E-state index in [0.29, 0.717) is 13.0 Å². The zero-order chi connectivity index (χ0) is 13.3. The van der Waals surface area contributed by atoms with E-state index in [1.54, 1.807) is 0 Å². The number of carbonyl (C=O) groups excluding carboxylic acids is 1. The molecule has 0 aromatic heterocycles. The lowest BCUT2D eigenvalue weighted by Crippen LogP contribution is -2.30. The Morgan fingerprint density at radius 1 is 1.56 bits per heavy atom. The topological polar surface area (TPSA) is 83.7 Å². The van der Waals surface area contributed by atoms with Crippen molar-refractivity contribution in [3.8, 4) is 0 Å². The van der Waals surface area contributed by atoms with Gasteiger partial charge in [-0.25, -0.2) is 0 Å². The van der Waals surface area contributed by atoms with Crippen LogP contribution in [-0.4, -0.2) is 40.0 Å². The number of aliphatic hydroxyl groups excluding tert-OH is 1. The Morgan fingerprint density at radius 3 is 2.83 bits per heavy atom. The lowest BCUT2D eigenvalue weighted by Gasteiger charge is -2.15. The Labute approximate surface area is 108 Å². The van der Waals surface area contributed by atoms with Crippen LogP contribution in [0.1, 0.15) is 16.8 Å². The highest BCUT2D eigenvalue weighted by atomic mass is 35.5. The van der Waals surface area contributed by atoms with Gasteiger partial charge in [-0.2, -0.15) is 0 Å². The fourth-order valence-corrected chi connectivity index (χ4v) is 2.10. The Hall–Kier alpha value is -1.66. The van der Waals surface area contributed by atoms with E-state index >= 15 is 0 Å². The number of benzene rings is 1. The van der Waals surface area contributed by atoms with E-state index in [9.17, 15) is 20.0 Å². The Kier molecular flexibility index (Phi) is 3.49. The van der Waals surface area contributed by atoms with Crippen LogP contribution >= 0.6 is 11.6 Å². The molecule has 1 atom stereocenters. The first-order chi connectivity index (χ1) is 8.49. The van der Waals surface area contributed by atoms with Crippen molar-refractivity contribution in [1.29, 1.82) is 0 Å². The lowest BCUT2D eigenvalue weighted by atomic mass is 10.1. The monoisotopic (exact) mass is 270 g/mol. The zero-order valence-corrected chi connectivity index (χ0v) is 10.1. The predicted octanol–water partition coefficient (Wildman–Crippen LogP) is 1.46. The first kappa shape index (κ1) is 12.8. The first-order valence-electron chi connectivity index (χ1n) is 5.40. The summed E-state index contributed by atoms with van der Waals surface area (Å²) in [4.78, 5) is 23.8. The highest BCUT2D eigenvalue weighted by molar-refractivity contribution is 6.31. The van der Waals surface area contributed by atoms with Gasteiger partial charge in [0.25, 0.3) is 11.6 Å². The smallest absolute Gasteiger partial charge is 0.283 e. The number of rotatable bonds is 2. The summed E-state index contributed by atoms with van der Waals surface area (Å²) >= 11 is 5.68. The largest absolute Gasteiger partial charge is 0.391 e. The second kappa shape index (κ2) is 4.91. The molecule has 1 aromatic rings. The number of hydrogen-bond acceptors (Lipinski definition) is 4. The number of hydrogen-bond donors (Lipinski definition) is 1. The van der Waals surface area contributed by atoms with Crippen molar-refractivity contribution < 1.29 is 14.8 Å². The van der Waals surface area contributed by atoms with Crippen molar-refractivity contribution in [3.05, 3.63) is 38.9 Å². The lowest BCUT2D eigenvalue weighted by molar-refractivity contribution is -0.385. The molecule has 18 heavy (non-hydrogen) atoms. The molecule has 0 saturated carbocycles. The SMILES string of the molecule is O=C(c1ccc(Cl)cc1[N+](=O)[O-])N1CC[C@H](O)C1. The summed E-state index contributed by atoms with van der Waals surface area (Å²) in [5.41, 5.74) is -0.313. The van der Waals surface area contributed by atoms with Crippen LogP contribution in [-0.2, 0) is 0 Å². The zero-order valence-electron chi connectivity index (χ0n) is 9.38. The minimum Gasteiger partial charge on any atom is -0.391 e. The average molecular weight is 271 g/mol. The Bertz CT molecular complexity index is 506. The summed E-state index contributed by atoms with van der Waals surface area (Å²) < 4.78 is 0. The average Bonchev–Trinajstić information content (AvgIpc) is 2.75. The number of halogens is 1. The number of nitro groups is 1. The van der Waals surface area contributed by atoms with Gasteiger partial charge in [0.2, 0.25) is 0 Å². The summed E-state index contributed by atoms with van der Waals surface area (Å²) in [6.45, 7) is 0.610. The van der Waals surface area contributed by atoms with Crippen LogP contribution in [0.2, 0.25) is 5.02 Å². The summed E-state index contributed by atoms with van der Waals surface area (Å²) in [5.74, 6) is -0.449. The minimum absolute atomic E-state index is 0.00139. The van der Waals surface area contributed by atoms with Crippen molar-refractivity contribution in [1.82, 2.24) is 4.90 Å². The second-order valence-electron chi connectivity index (χ2n) is 4.11. The van der Waals surface area contributed by atoms with E-state index in [2.05, 4.69) is 0 Å². The first-order valence-corrected chi connectivity index (χ1v) is 5.78. The van der Waals surface area contributed by atoms with Gasteiger partial charge in [-0.15, -0.1) is 0 Å². The van der Waals surface area contributed by atoms with Gasteiger partial charge >= 0.3 is 0 Å². The molecule has 0 bridgehead atoms. The fourth-order valence-electron chi connectivity index (χ4n) is 1.93. The number of nitro benzene ring substituents is 1. The van der Waals surface area contributed by atoms with Gasteiger partial charge in [0, 0.05) is 24.2 Å². The number of amides is 1. The third-order valence-corrected chi connectivity index (χ3v) is 3.07. The molecule has 1 aromatic carbocycles. The van der Waals surface area contributed by atoms with Gasteiger partial charge in [-0.05, 0) is 18.6 Å². The third kappa shape index (κ3) is 2.44. The van der Waals surface area contributed by atoms with Crippen molar-refractivity contribution in [2.45, 2.75) is 12.5 Å². The molecule has 1 saturated heterocycles. The Balaban J connectivity index is 2.33. The number of nitrogens with zero attached hydrogens (tertiary/aromatic N) is 2. The van der Waals surface area contributed by atoms with Gasteiger partial charge in [-0.3, -0.25) is 14.9 Å². The van der Waals surface area contributed by atoms with Crippen LogP contribution in [0.25, 0.3) is 0 Å². The molecule has 0 spiro atoms. The highest BCUT2D eigenvalue weighted by Gasteiger charge is 2.29. The summed E-state index contributed by atoms with van der Waals surface area (Å²) in [6.07, 6.45) is -0.0621. The minimum atomic E-state index is -0.633. The van der Waals surface area contributed by atoms with Crippen molar-refractivity contribution in [2.24, 2.45) is 0 Å². The van der Waals surface area contributed by atoms with E-state index in [4.69, 9.17) is 11.6 Å².